The molecule has 3 amide bonds. The van der Waals surface area contributed by atoms with Crippen LogP contribution in [-0.2, 0) is 27.2 Å². The molecule has 11 nitrogen and oxygen atoms in total. The number of nitrogens with one attached hydrogen (secondary N) is 3. The van der Waals surface area contributed by atoms with Crippen LogP contribution in [0.15, 0.2) is 0 Å². The molecule has 14 heteroatoms. The summed E-state index contributed by atoms with van der Waals surface area (Å²) >= 11 is 6.07. The second-order valence-corrected chi connectivity index (χ2v) is 10.1. The number of aliphatic hydroxyl groups excluding tert-OH is 4. The number of likely N-dealkylation sites (N-methyl/N-ethyl adjacent to an activating group) is 1. The number of benzene rings is 1. The number of ether oxygens (including phenoxy) is 1. The molecule has 1 aromatic rings. The quantitative estimate of drug-likeness (QED) is 0.120. The summed E-state index contributed by atoms with van der Waals surface area (Å²) in [6.07, 6.45) is -2.33. The van der Waals surface area contributed by atoms with Crippen molar-refractivity contribution in [1.29, 1.82) is 0 Å². The summed E-state index contributed by atoms with van der Waals surface area (Å²) in [4.78, 5) is 36.6. The maximum atomic E-state index is 12.4. The molecule has 0 spiro atoms. The van der Waals surface area contributed by atoms with Crippen LogP contribution in [0.25, 0.3) is 0 Å². The van der Waals surface area contributed by atoms with Crippen LogP contribution in [0.1, 0.15) is 11.1 Å². The highest BCUT2D eigenvalue weighted by molar-refractivity contribution is 14.1. The van der Waals surface area contributed by atoms with Gasteiger partial charge in [-0.25, -0.2) is 0 Å². The van der Waals surface area contributed by atoms with E-state index in [1.165, 1.54) is 7.05 Å². The summed E-state index contributed by atoms with van der Waals surface area (Å²) in [5, 5.41) is 44.3. The molecule has 2 unspecified atom stereocenters. The van der Waals surface area contributed by atoms with Crippen LogP contribution >= 0.6 is 67.8 Å². The van der Waals surface area contributed by atoms with Crippen molar-refractivity contribution in [2.45, 2.75) is 25.0 Å². The third-order valence-corrected chi connectivity index (χ3v) is 7.83. The average molecular weight is 805 g/mol. The van der Waals surface area contributed by atoms with Crippen molar-refractivity contribution in [2.75, 3.05) is 40.0 Å². The molecule has 7 N–H and O–H groups in total. The maximum absolute atomic E-state index is 12.4. The van der Waals surface area contributed by atoms with E-state index >= 15 is 0 Å². The topological polar surface area (TPSA) is 177 Å². The van der Waals surface area contributed by atoms with Crippen LogP contribution in [-0.4, -0.2) is 90.3 Å². The first-order chi connectivity index (χ1) is 15.5. The molecule has 0 heterocycles. The monoisotopic (exact) mass is 805 g/mol. The molecule has 33 heavy (non-hydrogen) atoms. The van der Waals surface area contributed by atoms with Gasteiger partial charge in [0.2, 0.25) is 11.8 Å². The largest absolute Gasteiger partial charge is 0.482 e. The lowest BCUT2D eigenvalue weighted by atomic mass is 10.0. The Hall–Kier alpha value is -0.540. The number of rotatable bonds is 13. The summed E-state index contributed by atoms with van der Waals surface area (Å²) < 4.78 is 7.57. The minimum atomic E-state index is -1.08. The number of hydrogen-bond acceptors (Lipinski definition) is 8. The van der Waals surface area contributed by atoms with E-state index in [2.05, 4.69) is 16.0 Å². The second-order valence-electron chi connectivity index (χ2n) is 6.82. The molecule has 0 aromatic heterocycles. The molecule has 1 rings (SSSR count). The molecule has 1 aromatic carbocycles. The van der Waals surface area contributed by atoms with E-state index in [9.17, 15) is 24.6 Å². The Labute approximate surface area is 231 Å². The number of aliphatic hydroxyl groups is 4. The van der Waals surface area contributed by atoms with Gasteiger partial charge in [-0.2, -0.15) is 0 Å². The molecular weight excluding hydrogens is 779 g/mol. The van der Waals surface area contributed by atoms with E-state index in [-0.39, 0.29) is 38.4 Å². The second kappa shape index (κ2) is 15.5. The fourth-order valence-corrected chi connectivity index (χ4v) is 6.67. The van der Waals surface area contributed by atoms with Crippen LogP contribution in [0, 0.1) is 10.7 Å². The lowest BCUT2D eigenvalue weighted by Crippen LogP contribution is -2.36. The van der Waals surface area contributed by atoms with Gasteiger partial charge in [0.1, 0.15) is 5.75 Å². The Bertz CT molecular complexity index is 801. The van der Waals surface area contributed by atoms with Crippen LogP contribution in [0.3, 0.4) is 0 Å². The fraction of sp³-hybridized carbons (Fsp3) is 0.526. The van der Waals surface area contributed by atoms with Crippen LogP contribution in [0.2, 0.25) is 0 Å². The molecule has 0 bridgehead atoms. The third-order valence-electron chi connectivity index (χ3n) is 4.25. The van der Waals surface area contributed by atoms with Crippen LogP contribution < -0.4 is 20.7 Å². The standard InChI is InChI=1S/C19H26I3N3O8/c1-23-15(32)8-33-19-17(21)11(2-13(30)24-4-9(28)6-26)16(20)12(18(19)22)3-14(31)25-5-10(29)7-27/h9-10,26-29H,2-8H2,1H3,(H,23,32)(H,24,30)(H,25,31). The van der Waals surface area contributed by atoms with E-state index in [1.54, 1.807) is 0 Å². The predicted octanol–water partition coefficient (Wildman–Crippen LogP) is -1.35. The molecule has 186 valence electrons. The van der Waals surface area contributed by atoms with Crippen molar-refractivity contribution in [2.24, 2.45) is 0 Å². The summed E-state index contributed by atoms with van der Waals surface area (Å²) in [7, 11) is 1.47. The first-order valence-corrected chi connectivity index (χ1v) is 12.9. The average Bonchev–Trinajstić information content (AvgIpc) is 2.80. The van der Waals surface area contributed by atoms with Crippen molar-refractivity contribution in [3.8, 4) is 5.75 Å². The number of carbonyl (C=O) groups excluding carboxylic acids is 3. The molecule has 2 atom stereocenters. The Morgan fingerprint density at radius 1 is 0.818 bits per heavy atom. The molecular formula is C19H26I3N3O8. The summed E-state index contributed by atoms with van der Waals surface area (Å²) in [6, 6.07) is 0. The minimum absolute atomic E-state index is 0.0835. The zero-order valence-corrected chi connectivity index (χ0v) is 24.1. The van der Waals surface area contributed by atoms with E-state index in [1.807, 2.05) is 67.8 Å². The summed E-state index contributed by atoms with van der Waals surface area (Å²) in [6.45, 7) is -1.46. The smallest absolute Gasteiger partial charge is 0.257 e. The highest BCUT2D eigenvalue weighted by atomic mass is 127. The zero-order valence-electron chi connectivity index (χ0n) is 17.7. The van der Waals surface area contributed by atoms with Crippen molar-refractivity contribution in [3.63, 3.8) is 0 Å². The van der Waals surface area contributed by atoms with Gasteiger partial charge in [0.25, 0.3) is 5.91 Å². The van der Waals surface area contributed by atoms with Gasteiger partial charge >= 0.3 is 0 Å². The predicted molar refractivity (Wildman–Crippen MR) is 144 cm³/mol. The highest BCUT2D eigenvalue weighted by Gasteiger charge is 2.25. The van der Waals surface area contributed by atoms with Gasteiger partial charge < -0.3 is 41.1 Å². The van der Waals surface area contributed by atoms with Gasteiger partial charge in [0.05, 0.1) is 45.4 Å². The molecule has 0 aliphatic rings. The lowest BCUT2D eigenvalue weighted by Gasteiger charge is -2.20. The molecule has 0 fully saturated rings. The summed E-state index contributed by atoms with van der Waals surface area (Å²) in [5.74, 6) is -0.803. The van der Waals surface area contributed by atoms with Crippen molar-refractivity contribution in [3.05, 3.63) is 21.8 Å². The van der Waals surface area contributed by atoms with E-state index in [4.69, 9.17) is 14.9 Å². The lowest BCUT2D eigenvalue weighted by molar-refractivity contribution is -0.123. The molecule has 0 aliphatic carbocycles. The van der Waals surface area contributed by atoms with E-state index in [0.717, 1.165) is 0 Å². The SMILES string of the molecule is CNC(=O)COc1c(I)c(CC(=O)NCC(O)CO)c(I)c(CC(=O)NCC(O)CO)c1I. The number of halogens is 3. The fourth-order valence-electron chi connectivity index (χ4n) is 2.43. The normalized spacial score (nSPS) is 12.6. The molecule has 0 saturated heterocycles. The summed E-state index contributed by atoms with van der Waals surface area (Å²) in [5.41, 5.74) is 1.16. The first-order valence-electron chi connectivity index (χ1n) is 9.68. The van der Waals surface area contributed by atoms with Gasteiger partial charge in [-0.05, 0) is 78.9 Å². The van der Waals surface area contributed by atoms with Gasteiger partial charge in [-0.15, -0.1) is 0 Å². The van der Waals surface area contributed by atoms with Crippen LogP contribution in [0.5, 0.6) is 5.75 Å². The maximum Gasteiger partial charge on any atom is 0.257 e. The van der Waals surface area contributed by atoms with Gasteiger partial charge in [0.15, 0.2) is 6.61 Å². The zero-order chi connectivity index (χ0) is 25.1. The van der Waals surface area contributed by atoms with Gasteiger partial charge in [0, 0.05) is 23.7 Å². The van der Waals surface area contributed by atoms with Crippen molar-refractivity contribution < 1.29 is 39.5 Å². The molecule has 0 saturated carbocycles. The third kappa shape index (κ3) is 9.92. The Morgan fingerprint density at radius 2 is 1.24 bits per heavy atom. The Kier molecular flexibility index (Phi) is 14.3. The Morgan fingerprint density at radius 3 is 1.61 bits per heavy atom. The van der Waals surface area contributed by atoms with E-state index < -0.39 is 37.2 Å². The Balaban J connectivity index is 3.27. The minimum Gasteiger partial charge on any atom is -0.482 e. The molecule has 0 aliphatic heterocycles. The molecule has 0 radical (unpaired) electrons. The van der Waals surface area contributed by atoms with Gasteiger partial charge in [-0.3, -0.25) is 14.4 Å². The van der Waals surface area contributed by atoms with Gasteiger partial charge in [-0.1, -0.05) is 0 Å². The van der Waals surface area contributed by atoms with Crippen molar-refractivity contribution >= 4 is 85.5 Å². The number of hydrogen-bond donors (Lipinski definition) is 7. The number of amides is 3. The van der Waals surface area contributed by atoms with Crippen molar-refractivity contribution in [1.82, 2.24) is 16.0 Å². The van der Waals surface area contributed by atoms with E-state index in [0.29, 0.717) is 27.6 Å². The van der Waals surface area contributed by atoms with Crippen LogP contribution in [0.4, 0.5) is 0 Å². The highest BCUT2D eigenvalue weighted by Crippen LogP contribution is 2.38. The first kappa shape index (κ1) is 30.5. The number of carbonyl (C=O) groups is 3.